The molecule has 100 valence electrons. The minimum atomic E-state index is -0.787. The van der Waals surface area contributed by atoms with Gasteiger partial charge in [0.05, 0.1) is 24.3 Å². The summed E-state index contributed by atoms with van der Waals surface area (Å²) in [7, 11) is 1.16. The zero-order chi connectivity index (χ0) is 14.7. The van der Waals surface area contributed by atoms with Crippen molar-refractivity contribution < 1.29 is 19.0 Å². The SMILES string of the molecule is COC(=O)c1cc(-c2cc(O)cc(C#N)c2)ccc1F. The van der Waals surface area contributed by atoms with Crippen LogP contribution in [-0.2, 0) is 4.74 Å². The number of phenolic OH excluding ortho intramolecular Hbond substituents is 1. The van der Waals surface area contributed by atoms with Crippen LogP contribution in [0.15, 0.2) is 36.4 Å². The van der Waals surface area contributed by atoms with Crippen LogP contribution in [0.5, 0.6) is 5.75 Å². The lowest BCUT2D eigenvalue weighted by Crippen LogP contribution is -2.04. The average molecular weight is 271 g/mol. The predicted octanol–water partition coefficient (Wildman–Crippen LogP) is 2.86. The van der Waals surface area contributed by atoms with Crippen LogP contribution in [0.25, 0.3) is 11.1 Å². The fraction of sp³-hybridized carbons (Fsp3) is 0.0667. The highest BCUT2D eigenvalue weighted by Crippen LogP contribution is 2.27. The zero-order valence-electron chi connectivity index (χ0n) is 10.6. The third-order valence-electron chi connectivity index (χ3n) is 2.75. The molecule has 1 N–H and O–H groups in total. The summed E-state index contributed by atoms with van der Waals surface area (Å²) in [4.78, 5) is 11.4. The van der Waals surface area contributed by atoms with E-state index in [1.807, 2.05) is 6.07 Å². The molecule has 0 fully saturated rings. The van der Waals surface area contributed by atoms with E-state index in [0.29, 0.717) is 11.1 Å². The minimum Gasteiger partial charge on any atom is -0.508 e. The number of halogens is 1. The van der Waals surface area contributed by atoms with Crippen LogP contribution in [0, 0.1) is 17.1 Å². The molecule has 2 aromatic carbocycles. The Morgan fingerprint density at radius 2 is 2.00 bits per heavy atom. The average Bonchev–Trinajstić information content (AvgIpc) is 2.46. The Bertz CT molecular complexity index is 720. The summed E-state index contributed by atoms with van der Waals surface area (Å²) < 4.78 is 18.0. The van der Waals surface area contributed by atoms with Gasteiger partial charge in [0.15, 0.2) is 0 Å². The van der Waals surface area contributed by atoms with Crippen LogP contribution < -0.4 is 0 Å². The minimum absolute atomic E-state index is 0.0806. The molecule has 2 rings (SSSR count). The van der Waals surface area contributed by atoms with Gasteiger partial charge in [0.2, 0.25) is 0 Å². The van der Waals surface area contributed by atoms with Gasteiger partial charge in [0, 0.05) is 0 Å². The number of rotatable bonds is 2. The van der Waals surface area contributed by atoms with Gasteiger partial charge in [-0.15, -0.1) is 0 Å². The van der Waals surface area contributed by atoms with E-state index in [-0.39, 0.29) is 16.9 Å². The Labute approximate surface area is 114 Å². The number of carbonyl (C=O) groups is 1. The van der Waals surface area contributed by atoms with E-state index in [4.69, 9.17) is 5.26 Å². The number of nitrogens with zero attached hydrogens (tertiary/aromatic N) is 1. The first-order chi connectivity index (χ1) is 9.55. The topological polar surface area (TPSA) is 70.3 Å². The molecule has 0 radical (unpaired) electrons. The molecule has 0 aliphatic carbocycles. The van der Waals surface area contributed by atoms with E-state index in [0.717, 1.165) is 13.2 Å². The van der Waals surface area contributed by atoms with Crippen molar-refractivity contribution in [2.45, 2.75) is 0 Å². The van der Waals surface area contributed by atoms with Gasteiger partial charge >= 0.3 is 5.97 Å². The van der Waals surface area contributed by atoms with E-state index >= 15 is 0 Å². The number of ether oxygens (including phenoxy) is 1. The van der Waals surface area contributed by atoms with Crippen molar-refractivity contribution in [3.05, 3.63) is 53.3 Å². The molecule has 0 unspecified atom stereocenters. The number of nitriles is 1. The molecule has 0 aliphatic heterocycles. The first-order valence-corrected chi connectivity index (χ1v) is 5.67. The summed E-state index contributed by atoms with van der Waals surface area (Å²) in [5.74, 6) is -1.56. The van der Waals surface area contributed by atoms with Crippen molar-refractivity contribution in [1.82, 2.24) is 0 Å². The second-order valence-corrected chi connectivity index (χ2v) is 4.07. The molecular weight excluding hydrogens is 261 g/mol. The van der Waals surface area contributed by atoms with Crippen molar-refractivity contribution in [3.8, 4) is 22.9 Å². The normalized spacial score (nSPS) is 9.85. The number of benzene rings is 2. The van der Waals surface area contributed by atoms with E-state index in [2.05, 4.69) is 4.74 Å². The maximum Gasteiger partial charge on any atom is 0.340 e. The summed E-state index contributed by atoms with van der Waals surface area (Å²) in [5, 5.41) is 18.4. The van der Waals surface area contributed by atoms with E-state index in [1.54, 1.807) is 0 Å². The standard InChI is InChI=1S/C15H10FNO3/c1-20-15(19)13-7-10(2-3-14(13)16)11-4-9(8-17)5-12(18)6-11/h2-7,18H,1H3. The summed E-state index contributed by atoms with van der Waals surface area (Å²) >= 11 is 0. The van der Waals surface area contributed by atoms with Crippen molar-refractivity contribution in [1.29, 1.82) is 5.26 Å². The van der Waals surface area contributed by atoms with Crippen LogP contribution in [-0.4, -0.2) is 18.2 Å². The van der Waals surface area contributed by atoms with E-state index in [9.17, 15) is 14.3 Å². The molecular formula is C15H10FNO3. The first-order valence-electron chi connectivity index (χ1n) is 5.67. The second kappa shape index (κ2) is 5.41. The maximum absolute atomic E-state index is 13.5. The van der Waals surface area contributed by atoms with Crippen molar-refractivity contribution >= 4 is 5.97 Å². The van der Waals surface area contributed by atoms with Gasteiger partial charge in [-0.25, -0.2) is 9.18 Å². The van der Waals surface area contributed by atoms with Crippen LogP contribution in [0.4, 0.5) is 4.39 Å². The number of phenols is 1. The molecule has 0 heterocycles. The lowest BCUT2D eigenvalue weighted by molar-refractivity contribution is 0.0595. The third-order valence-corrected chi connectivity index (χ3v) is 2.75. The Balaban J connectivity index is 2.57. The molecule has 0 aromatic heterocycles. The summed E-state index contributed by atoms with van der Waals surface area (Å²) in [6.45, 7) is 0. The van der Waals surface area contributed by atoms with Gasteiger partial charge in [-0.05, 0) is 41.5 Å². The molecule has 0 bridgehead atoms. The number of aromatic hydroxyl groups is 1. The van der Waals surface area contributed by atoms with Gasteiger partial charge < -0.3 is 9.84 Å². The number of carbonyl (C=O) groups excluding carboxylic acids is 1. The van der Waals surface area contributed by atoms with Crippen LogP contribution >= 0.6 is 0 Å². The Morgan fingerprint density at radius 3 is 2.65 bits per heavy atom. The monoisotopic (exact) mass is 271 g/mol. The molecule has 0 saturated carbocycles. The van der Waals surface area contributed by atoms with Gasteiger partial charge in [-0.2, -0.15) is 5.26 Å². The summed E-state index contributed by atoms with van der Waals surface area (Å²) in [6, 6.07) is 10.1. The molecule has 0 spiro atoms. The second-order valence-electron chi connectivity index (χ2n) is 4.07. The van der Waals surface area contributed by atoms with Crippen LogP contribution in [0.2, 0.25) is 0 Å². The zero-order valence-corrected chi connectivity index (χ0v) is 10.6. The van der Waals surface area contributed by atoms with Gasteiger partial charge in [0.1, 0.15) is 11.6 Å². The van der Waals surface area contributed by atoms with Crippen LogP contribution in [0.3, 0.4) is 0 Å². The maximum atomic E-state index is 13.5. The molecule has 20 heavy (non-hydrogen) atoms. The molecule has 0 saturated heterocycles. The number of hydrogen-bond acceptors (Lipinski definition) is 4. The largest absolute Gasteiger partial charge is 0.508 e. The highest BCUT2D eigenvalue weighted by atomic mass is 19.1. The van der Waals surface area contributed by atoms with E-state index < -0.39 is 11.8 Å². The van der Waals surface area contributed by atoms with E-state index in [1.165, 1.54) is 30.3 Å². The van der Waals surface area contributed by atoms with Crippen molar-refractivity contribution in [3.63, 3.8) is 0 Å². The molecule has 4 nitrogen and oxygen atoms in total. The summed E-state index contributed by atoms with van der Waals surface area (Å²) in [5.41, 5.74) is 1.07. The van der Waals surface area contributed by atoms with Gasteiger partial charge in [-0.3, -0.25) is 0 Å². The highest BCUT2D eigenvalue weighted by molar-refractivity contribution is 5.91. The molecule has 0 aliphatic rings. The molecule has 2 aromatic rings. The number of methoxy groups -OCH3 is 1. The Hall–Kier alpha value is -2.87. The smallest absolute Gasteiger partial charge is 0.340 e. The number of esters is 1. The predicted molar refractivity (Wildman–Crippen MR) is 69.6 cm³/mol. The fourth-order valence-electron chi connectivity index (χ4n) is 1.81. The first kappa shape index (κ1) is 13.6. The quantitative estimate of drug-likeness (QED) is 0.852. The fourth-order valence-corrected chi connectivity index (χ4v) is 1.81. The summed E-state index contributed by atoms with van der Waals surface area (Å²) in [6.07, 6.45) is 0. The van der Waals surface area contributed by atoms with Crippen molar-refractivity contribution in [2.24, 2.45) is 0 Å². The van der Waals surface area contributed by atoms with Crippen LogP contribution in [0.1, 0.15) is 15.9 Å². The van der Waals surface area contributed by atoms with Gasteiger partial charge in [-0.1, -0.05) is 6.07 Å². The Morgan fingerprint density at radius 1 is 1.25 bits per heavy atom. The lowest BCUT2D eigenvalue weighted by atomic mass is 10.0. The highest BCUT2D eigenvalue weighted by Gasteiger charge is 2.14. The molecule has 0 amide bonds. The lowest BCUT2D eigenvalue weighted by Gasteiger charge is -2.07. The number of hydrogen-bond donors (Lipinski definition) is 1. The van der Waals surface area contributed by atoms with Crippen molar-refractivity contribution in [2.75, 3.05) is 7.11 Å². The molecule has 5 heteroatoms. The molecule has 0 atom stereocenters. The Kier molecular flexibility index (Phi) is 3.67. The third kappa shape index (κ3) is 2.59. The van der Waals surface area contributed by atoms with Gasteiger partial charge in [0.25, 0.3) is 0 Å².